The second-order valence-corrected chi connectivity index (χ2v) is 4.41. The predicted octanol–water partition coefficient (Wildman–Crippen LogP) is 3.12. The summed E-state index contributed by atoms with van der Waals surface area (Å²) in [6.45, 7) is 6.17. The van der Waals surface area contributed by atoms with Crippen LogP contribution >= 0.6 is 0 Å². The molecule has 18 heavy (non-hydrogen) atoms. The van der Waals surface area contributed by atoms with Crippen LogP contribution in [0.5, 0.6) is 0 Å². The van der Waals surface area contributed by atoms with E-state index in [9.17, 15) is 4.79 Å². The number of allylic oxidation sites excluding steroid dienone is 1. The minimum absolute atomic E-state index is 0.0659. The van der Waals surface area contributed by atoms with Crippen LogP contribution in [0.15, 0.2) is 23.1 Å². The first-order valence-corrected chi connectivity index (χ1v) is 6.44. The molecule has 0 saturated carbocycles. The Morgan fingerprint density at radius 3 is 2.78 bits per heavy atom. The number of fused-ring (bicyclic) bond motifs is 1. The zero-order chi connectivity index (χ0) is 13.1. The second-order valence-electron chi connectivity index (χ2n) is 4.41. The molecule has 2 rings (SSSR count). The quantitative estimate of drug-likeness (QED) is 0.899. The maximum absolute atomic E-state index is 12.0. The van der Waals surface area contributed by atoms with Gasteiger partial charge in [0.05, 0.1) is 5.52 Å². The molecule has 0 bridgehead atoms. The van der Waals surface area contributed by atoms with Crippen molar-refractivity contribution in [3.8, 4) is 0 Å². The zero-order valence-corrected chi connectivity index (χ0v) is 11.1. The molecule has 0 fully saturated rings. The Balaban J connectivity index is 2.67. The highest BCUT2D eigenvalue weighted by molar-refractivity contribution is 5.74. The van der Waals surface area contributed by atoms with Gasteiger partial charge in [-0.3, -0.25) is 9.55 Å². The van der Waals surface area contributed by atoms with Crippen LogP contribution in [0.4, 0.5) is 0 Å². The monoisotopic (exact) mass is 245 g/mol. The summed E-state index contributed by atoms with van der Waals surface area (Å²) in [7, 11) is 0. The summed E-state index contributed by atoms with van der Waals surface area (Å²) in [6, 6.07) is 2.24. The fourth-order valence-corrected chi connectivity index (χ4v) is 2.32. The van der Waals surface area contributed by atoms with Crippen LogP contribution in [-0.2, 0) is 0 Å². The highest BCUT2D eigenvalue weighted by Crippen LogP contribution is 2.20. The Labute approximate surface area is 106 Å². The van der Waals surface area contributed by atoms with Crippen LogP contribution in [0.2, 0.25) is 0 Å². The van der Waals surface area contributed by atoms with E-state index in [4.69, 9.17) is 0 Å². The van der Waals surface area contributed by atoms with Gasteiger partial charge >= 0.3 is 5.69 Å². The van der Waals surface area contributed by atoms with E-state index in [1.807, 2.05) is 29.7 Å². The average molecular weight is 245 g/mol. The molecule has 0 unspecified atom stereocenters. The largest absolute Gasteiger partial charge is 0.327 e. The van der Waals surface area contributed by atoms with Gasteiger partial charge in [-0.25, -0.2) is 9.78 Å². The highest BCUT2D eigenvalue weighted by atomic mass is 16.1. The van der Waals surface area contributed by atoms with E-state index in [-0.39, 0.29) is 11.7 Å². The van der Waals surface area contributed by atoms with Gasteiger partial charge in [-0.1, -0.05) is 26.0 Å². The normalized spacial score (nSPS) is 12.0. The standard InChI is InChI=1S/C14H19N3O/c1-4-7-10-8-12-13(15-9-10)16-14(18)17(12)11(5-2)6-3/h4,7-9,11H,5-6H2,1-3H3,(H,15,16,18)/b7-4-. The summed E-state index contributed by atoms with van der Waals surface area (Å²) in [5, 5.41) is 0. The summed E-state index contributed by atoms with van der Waals surface area (Å²) >= 11 is 0. The molecule has 0 aromatic carbocycles. The number of nitrogens with one attached hydrogen (secondary N) is 1. The molecule has 0 aliphatic rings. The molecule has 0 aliphatic carbocycles. The molecule has 0 atom stereocenters. The number of aromatic amines is 1. The molecule has 4 nitrogen and oxygen atoms in total. The van der Waals surface area contributed by atoms with Gasteiger partial charge < -0.3 is 0 Å². The third-order valence-corrected chi connectivity index (χ3v) is 3.26. The molecule has 4 heteroatoms. The van der Waals surface area contributed by atoms with Crippen molar-refractivity contribution in [2.24, 2.45) is 0 Å². The lowest BCUT2D eigenvalue weighted by molar-refractivity contribution is 0.471. The topological polar surface area (TPSA) is 50.7 Å². The lowest BCUT2D eigenvalue weighted by Gasteiger charge is -2.14. The summed E-state index contributed by atoms with van der Waals surface area (Å²) < 4.78 is 1.83. The van der Waals surface area contributed by atoms with Crippen molar-refractivity contribution in [2.45, 2.75) is 39.7 Å². The maximum atomic E-state index is 12.0. The fraction of sp³-hybridized carbons (Fsp3) is 0.429. The number of pyridine rings is 1. The first-order valence-electron chi connectivity index (χ1n) is 6.44. The Bertz CT molecular complexity index is 617. The molecule has 2 heterocycles. The lowest BCUT2D eigenvalue weighted by Crippen LogP contribution is -2.21. The van der Waals surface area contributed by atoms with Crippen molar-refractivity contribution in [1.29, 1.82) is 0 Å². The molecule has 0 radical (unpaired) electrons. The summed E-state index contributed by atoms with van der Waals surface area (Å²) in [4.78, 5) is 19.1. The van der Waals surface area contributed by atoms with E-state index >= 15 is 0 Å². The third-order valence-electron chi connectivity index (χ3n) is 3.26. The van der Waals surface area contributed by atoms with Gasteiger partial charge in [0.25, 0.3) is 0 Å². The third kappa shape index (κ3) is 2.10. The maximum Gasteiger partial charge on any atom is 0.327 e. The predicted molar refractivity (Wildman–Crippen MR) is 74.7 cm³/mol. The van der Waals surface area contributed by atoms with E-state index in [0.29, 0.717) is 5.65 Å². The lowest BCUT2D eigenvalue weighted by atomic mass is 10.1. The zero-order valence-electron chi connectivity index (χ0n) is 11.1. The molecular formula is C14H19N3O. The first-order chi connectivity index (χ1) is 8.71. The van der Waals surface area contributed by atoms with Crippen LogP contribution in [0, 0.1) is 0 Å². The van der Waals surface area contributed by atoms with E-state index in [1.165, 1.54) is 0 Å². The molecular weight excluding hydrogens is 226 g/mol. The Morgan fingerprint density at radius 2 is 2.17 bits per heavy atom. The van der Waals surface area contributed by atoms with E-state index in [0.717, 1.165) is 23.9 Å². The van der Waals surface area contributed by atoms with Crippen molar-refractivity contribution in [3.63, 3.8) is 0 Å². The second kappa shape index (κ2) is 5.21. The molecule has 0 saturated heterocycles. The molecule has 1 N–H and O–H groups in total. The first kappa shape index (κ1) is 12.6. The van der Waals surface area contributed by atoms with Crippen LogP contribution in [-0.4, -0.2) is 14.5 Å². The van der Waals surface area contributed by atoms with Crippen molar-refractivity contribution >= 4 is 17.2 Å². The smallest absolute Gasteiger partial charge is 0.290 e. The minimum Gasteiger partial charge on any atom is -0.290 e. The van der Waals surface area contributed by atoms with Crippen LogP contribution in [0.25, 0.3) is 17.2 Å². The fourth-order valence-electron chi connectivity index (χ4n) is 2.32. The number of imidazole rings is 1. The van der Waals surface area contributed by atoms with E-state index < -0.39 is 0 Å². The molecule has 0 spiro atoms. The summed E-state index contributed by atoms with van der Waals surface area (Å²) in [6.07, 6.45) is 7.61. The van der Waals surface area contributed by atoms with Gasteiger partial charge in [0, 0.05) is 12.2 Å². The molecule has 2 aromatic heterocycles. The number of hydrogen-bond donors (Lipinski definition) is 1. The molecule has 0 amide bonds. The van der Waals surface area contributed by atoms with Crippen LogP contribution < -0.4 is 5.69 Å². The van der Waals surface area contributed by atoms with E-state index in [2.05, 4.69) is 23.8 Å². The van der Waals surface area contributed by atoms with Gasteiger partial charge in [0.2, 0.25) is 0 Å². The van der Waals surface area contributed by atoms with Gasteiger partial charge in [0.15, 0.2) is 5.65 Å². The number of rotatable bonds is 4. The van der Waals surface area contributed by atoms with Crippen molar-refractivity contribution in [3.05, 3.63) is 34.4 Å². The molecule has 2 aromatic rings. The van der Waals surface area contributed by atoms with E-state index in [1.54, 1.807) is 6.20 Å². The SMILES string of the molecule is C/C=C\c1cnc2[nH]c(=O)n(C(CC)CC)c2c1. The molecule has 0 aliphatic heterocycles. The summed E-state index contributed by atoms with van der Waals surface area (Å²) in [5.74, 6) is 0. The Kier molecular flexibility index (Phi) is 3.65. The van der Waals surface area contributed by atoms with Crippen LogP contribution in [0.3, 0.4) is 0 Å². The van der Waals surface area contributed by atoms with Gasteiger partial charge in [0.1, 0.15) is 0 Å². The van der Waals surface area contributed by atoms with Crippen LogP contribution in [0.1, 0.15) is 45.2 Å². The Hall–Kier alpha value is -1.84. The summed E-state index contributed by atoms with van der Waals surface area (Å²) in [5.41, 5.74) is 2.51. The number of aromatic nitrogens is 3. The Morgan fingerprint density at radius 1 is 1.44 bits per heavy atom. The number of H-pyrrole nitrogens is 1. The van der Waals surface area contributed by atoms with Gasteiger partial charge in [-0.15, -0.1) is 0 Å². The minimum atomic E-state index is -0.0659. The average Bonchev–Trinajstić information content (AvgIpc) is 2.68. The van der Waals surface area contributed by atoms with Gasteiger partial charge in [-0.2, -0.15) is 0 Å². The number of nitrogens with zero attached hydrogens (tertiary/aromatic N) is 2. The number of hydrogen-bond acceptors (Lipinski definition) is 2. The van der Waals surface area contributed by atoms with Crippen molar-refractivity contribution in [1.82, 2.24) is 14.5 Å². The molecule has 96 valence electrons. The van der Waals surface area contributed by atoms with Crippen molar-refractivity contribution < 1.29 is 0 Å². The van der Waals surface area contributed by atoms with Crippen molar-refractivity contribution in [2.75, 3.05) is 0 Å². The highest BCUT2D eigenvalue weighted by Gasteiger charge is 2.14. The van der Waals surface area contributed by atoms with Gasteiger partial charge in [-0.05, 0) is 31.4 Å².